The van der Waals surface area contributed by atoms with Crippen molar-refractivity contribution in [2.75, 3.05) is 20.8 Å². The second-order valence-electron chi connectivity index (χ2n) is 4.94. The van der Waals surface area contributed by atoms with E-state index in [2.05, 4.69) is 23.5 Å². The topological polar surface area (TPSA) is 30.5 Å². The average molecular weight is 269 g/mol. The molecule has 1 aliphatic heterocycles. The van der Waals surface area contributed by atoms with Gasteiger partial charge in [0.1, 0.15) is 11.5 Å². The third-order valence-corrected chi connectivity index (χ3v) is 3.84. The lowest BCUT2D eigenvalue weighted by molar-refractivity contribution is 0.404. The molecule has 0 radical (unpaired) electrons. The summed E-state index contributed by atoms with van der Waals surface area (Å²) in [5.74, 6) is 1.73. The van der Waals surface area contributed by atoms with Gasteiger partial charge in [-0.25, -0.2) is 0 Å². The number of hydrogen-bond donors (Lipinski definition) is 1. The van der Waals surface area contributed by atoms with Gasteiger partial charge in [-0.2, -0.15) is 0 Å². The number of ether oxygens (including phenoxy) is 2. The number of methoxy groups -OCH3 is 2. The van der Waals surface area contributed by atoms with Crippen molar-refractivity contribution in [2.45, 2.75) is 13.0 Å². The summed E-state index contributed by atoms with van der Waals surface area (Å²) in [5, 5.41) is 3.45. The van der Waals surface area contributed by atoms with Gasteiger partial charge >= 0.3 is 0 Å². The predicted octanol–water partition coefficient (Wildman–Crippen LogP) is 3.02. The standard InChI is InChI=1S/C17H19NO2/c1-19-13-6-7-17(20-2)15(10-13)14-5-3-4-12-8-9-18-11-16(12)14/h3-7,10,18H,8-9,11H2,1-2H3. The molecule has 0 saturated carbocycles. The van der Waals surface area contributed by atoms with E-state index in [4.69, 9.17) is 9.47 Å². The molecule has 1 heterocycles. The summed E-state index contributed by atoms with van der Waals surface area (Å²) < 4.78 is 10.9. The van der Waals surface area contributed by atoms with Gasteiger partial charge in [0.2, 0.25) is 0 Å². The molecule has 3 rings (SSSR count). The summed E-state index contributed by atoms with van der Waals surface area (Å²) in [6.07, 6.45) is 1.08. The Balaban J connectivity index is 2.17. The molecule has 20 heavy (non-hydrogen) atoms. The molecule has 104 valence electrons. The number of nitrogens with one attached hydrogen (secondary N) is 1. The van der Waals surface area contributed by atoms with Crippen LogP contribution in [0.3, 0.4) is 0 Å². The van der Waals surface area contributed by atoms with Crippen LogP contribution in [0.5, 0.6) is 11.5 Å². The van der Waals surface area contributed by atoms with Gasteiger partial charge in [0.15, 0.2) is 0 Å². The third-order valence-electron chi connectivity index (χ3n) is 3.84. The lowest BCUT2D eigenvalue weighted by Gasteiger charge is -2.21. The second-order valence-corrected chi connectivity index (χ2v) is 4.94. The van der Waals surface area contributed by atoms with E-state index in [1.54, 1.807) is 14.2 Å². The van der Waals surface area contributed by atoms with Crippen LogP contribution in [0.15, 0.2) is 36.4 Å². The Hall–Kier alpha value is -2.00. The average Bonchev–Trinajstić information content (AvgIpc) is 2.53. The first kappa shape index (κ1) is 13.0. The fourth-order valence-corrected chi connectivity index (χ4v) is 2.79. The van der Waals surface area contributed by atoms with Crippen molar-refractivity contribution in [1.82, 2.24) is 5.32 Å². The van der Waals surface area contributed by atoms with Gasteiger partial charge in [-0.1, -0.05) is 18.2 Å². The molecular formula is C17H19NO2. The van der Waals surface area contributed by atoms with Gasteiger partial charge in [0, 0.05) is 12.1 Å². The molecule has 2 aromatic carbocycles. The summed E-state index contributed by atoms with van der Waals surface area (Å²) in [6, 6.07) is 12.4. The van der Waals surface area contributed by atoms with Gasteiger partial charge in [-0.3, -0.25) is 0 Å². The Kier molecular flexibility index (Phi) is 3.61. The number of benzene rings is 2. The molecule has 0 aromatic heterocycles. The van der Waals surface area contributed by atoms with Crippen molar-refractivity contribution in [3.63, 3.8) is 0 Å². The molecule has 1 aliphatic rings. The van der Waals surface area contributed by atoms with E-state index in [0.29, 0.717) is 0 Å². The third kappa shape index (κ3) is 2.25. The maximum absolute atomic E-state index is 5.51. The SMILES string of the molecule is COc1ccc(OC)c(-c2cccc3c2CNCC3)c1. The molecule has 0 amide bonds. The number of fused-ring (bicyclic) bond motifs is 1. The van der Waals surface area contributed by atoms with Crippen LogP contribution in [0.1, 0.15) is 11.1 Å². The van der Waals surface area contributed by atoms with Gasteiger partial charge < -0.3 is 14.8 Å². The minimum atomic E-state index is 0.849. The molecule has 0 saturated heterocycles. The molecule has 3 nitrogen and oxygen atoms in total. The molecular weight excluding hydrogens is 250 g/mol. The molecule has 0 aliphatic carbocycles. The Morgan fingerprint density at radius 1 is 1.00 bits per heavy atom. The van der Waals surface area contributed by atoms with E-state index in [0.717, 1.165) is 36.6 Å². The van der Waals surface area contributed by atoms with Crippen molar-refractivity contribution in [3.8, 4) is 22.6 Å². The molecule has 0 atom stereocenters. The lowest BCUT2D eigenvalue weighted by atomic mass is 9.91. The van der Waals surface area contributed by atoms with E-state index < -0.39 is 0 Å². The van der Waals surface area contributed by atoms with Crippen molar-refractivity contribution in [1.29, 1.82) is 0 Å². The van der Waals surface area contributed by atoms with E-state index in [9.17, 15) is 0 Å². The number of rotatable bonds is 3. The zero-order chi connectivity index (χ0) is 13.9. The molecule has 2 aromatic rings. The van der Waals surface area contributed by atoms with Crippen molar-refractivity contribution >= 4 is 0 Å². The minimum absolute atomic E-state index is 0.849. The van der Waals surface area contributed by atoms with E-state index in [1.807, 2.05) is 18.2 Å². The van der Waals surface area contributed by atoms with E-state index in [1.165, 1.54) is 16.7 Å². The summed E-state index contributed by atoms with van der Waals surface area (Å²) >= 11 is 0. The Morgan fingerprint density at radius 3 is 2.70 bits per heavy atom. The zero-order valence-electron chi connectivity index (χ0n) is 11.9. The first-order valence-corrected chi connectivity index (χ1v) is 6.87. The van der Waals surface area contributed by atoms with Crippen LogP contribution >= 0.6 is 0 Å². The maximum Gasteiger partial charge on any atom is 0.126 e. The predicted molar refractivity (Wildman–Crippen MR) is 80.4 cm³/mol. The van der Waals surface area contributed by atoms with Crippen molar-refractivity contribution in [2.24, 2.45) is 0 Å². The van der Waals surface area contributed by atoms with Gasteiger partial charge in [-0.15, -0.1) is 0 Å². The summed E-state index contributed by atoms with van der Waals surface area (Å²) in [4.78, 5) is 0. The van der Waals surface area contributed by atoms with Crippen molar-refractivity contribution < 1.29 is 9.47 Å². The monoisotopic (exact) mass is 269 g/mol. The highest BCUT2D eigenvalue weighted by Gasteiger charge is 2.16. The smallest absolute Gasteiger partial charge is 0.126 e. The quantitative estimate of drug-likeness (QED) is 0.929. The van der Waals surface area contributed by atoms with Crippen LogP contribution in [0, 0.1) is 0 Å². The molecule has 0 fully saturated rings. The minimum Gasteiger partial charge on any atom is -0.497 e. The fourth-order valence-electron chi connectivity index (χ4n) is 2.79. The number of hydrogen-bond acceptors (Lipinski definition) is 3. The van der Waals surface area contributed by atoms with Gasteiger partial charge in [0.05, 0.1) is 14.2 Å². The van der Waals surface area contributed by atoms with Crippen LogP contribution in [0.4, 0.5) is 0 Å². The molecule has 3 heteroatoms. The first-order chi connectivity index (χ1) is 9.83. The Morgan fingerprint density at radius 2 is 1.90 bits per heavy atom. The molecule has 0 spiro atoms. The van der Waals surface area contributed by atoms with Crippen LogP contribution in [-0.4, -0.2) is 20.8 Å². The first-order valence-electron chi connectivity index (χ1n) is 6.87. The highest BCUT2D eigenvalue weighted by atomic mass is 16.5. The maximum atomic E-state index is 5.51. The summed E-state index contributed by atoms with van der Waals surface area (Å²) in [6.45, 7) is 1.96. The van der Waals surface area contributed by atoms with Crippen LogP contribution in [0.25, 0.3) is 11.1 Å². The second kappa shape index (κ2) is 5.55. The fraction of sp³-hybridized carbons (Fsp3) is 0.294. The Bertz CT molecular complexity index is 622. The summed E-state index contributed by atoms with van der Waals surface area (Å²) in [7, 11) is 3.40. The van der Waals surface area contributed by atoms with Crippen LogP contribution in [0.2, 0.25) is 0 Å². The highest BCUT2D eigenvalue weighted by molar-refractivity contribution is 5.76. The van der Waals surface area contributed by atoms with E-state index in [-0.39, 0.29) is 0 Å². The zero-order valence-corrected chi connectivity index (χ0v) is 11.9. The van der Waals surface area contributed by atoms with Gasteiger partial charge in [-0.05, 0) is 47.9 Å². The molecule has 1 N–H and O–H groups in total. The largest absolute Gasteiger partial charge is 0.497 e. The van der Waals surface area contributed by atoms with Crippen LogP contribution < -0.4 is 14.8 Å². The van der Waals surface area contributed by atoms with Gasteiger partial charge in [0.25, 0.3) is 0 Å². The lowest BCUT2D eigenvalue weighted by Crippen LogP contribution is -2.24. The normalized spacial score (nSPS) is 13.7. The van der Waals surface area contributed by atoms with Crippen LogP contribution in [-0.2, 0) is 13.0 Å². The Labute approximate surface area is 119 Å². The van der Waals surface area contributed by atoms with E-state index >= 15 is 0 Å². The molecule has 0 bridgehead atoms. The highest BCUT2D eigenvalue weighted by Crippen LogP contribution is 2.37. The molecule has 0 unspecified atom stereocenters. The van der Waals surface area contributed by atoms with Crippen molar-refractivity contribution in [3.05, 3.63) is 47.5 Å². The summed E-state index contributed by atoms with van der Waals surface area (Å²) in [5.41, 5.74) is 5.11.